The van der Waals surface area contributed by atoms with Crippen LogP contribution in [-0.2, 0) is 6.54 Å². The molecule has 0 N–H and O–H groups in total. The number of piperidine rings is 1. The molecule has 1 aliphatic heterocycles. The van der Waals surface area contributed by atoms with Gasteiger partial charge in [-0.25, -0.2) is 0 Å². The molecule has 0 saturated carbocycles. The molecule has 0 bridgehead atoms. The van der Waals surface area contributed by atoms with E-state index in [1.807, 2.05) is 0 Å². The lowest BCUT2D eigenvalue weighted by Crippen LogP contribution is -2.34. The van der Waals surface area contributed by atoms with Crippen LogP contribution in [0.15, 0.2) is 30.3 Å². The van der Waals surface area contributed by atoms with Crippen LogP contribution in [0.5, 0.6) is 0 Å². The molecule has 1 fully saturated rings. The summed E-state index contributed by atoms with van der Waals surface area (Å²) in [5.74, 6) is 0.586. The Morgan fingerprint density at radius 1 is 1.31 bits per heavy atom. The molecule has 0 amide bonds. The van der Waals surface area contributed by atoms with Gasteiger partial charge in [-0.05, 0) is 30.9 Å². The molecule has 2 heteroatoms. The Morgan fingerprint density at radius 3 is 2.88 bits per heavy atom. The Balaban J connectivity index is 1.88. The average molecular weight is 214 g/mol. The molecule has 2 rings (SSSR count). The van der Waals surface area contributed by atoms with E-state index in [4.69, 9.17) is 5.26 Å². The summed E-state index contributed by atoms with van der Waals surface area (Å²) in [6.45, 7) is 3.29. The summed E-state index contributed by atoms with van der Waals surface area (Å²) in [6, 6.07) is 12.9. The van der Waals surface area contributed by atoms with Crippen molar-refractivity contribution in [2.45, 2.75) is 25.8 Å². The van der Waals surface area contributed by atoms with E-state index in [0.717, 1.165) is 13.1 Å². The molecule has 1 aromatic carbocycles. The highest BCUT2D eigenvalue weighted by molar-refractivity contribution is 5.14. The topological polar surface area (TPSA) is 27.0 Å². The molecule has 1 aromatic rings. The van der Waals surface area contributed by atoms with Gasteiger partial charge in [0.2, 0.25) is 0 Å². The zero-order valence-corrected chi connectivity index (χ0v) is 9.60. The summed E-state index contributed by atoms with van der Waals surface area (Å²) in [7, 11) is 0. The van der Waals surface area contributed by atoms with Gasteiger partial charge in [0, 0.05) is 19.5 Å². The normalized spacial score (nSPS) is 21.6. The summed E-state index contributed by atoms with van der Waals surface area (Å²) in [5, 5.41) is 8.73. The van der Waals surface area contributed by atoms with Crippen molar-refractivity contribution in [2.24, 2.45) is 5.92 Å². The van der Waals surface area contributed by atoms with Gasteiger partial charge in [-0.3, -0.25) is 4.90 Å². The fourth-order valence-corrected chi connectivity index (χ4v) is 2.43. The maximum atomic E-state index is 8.73. The predicted molar refractivity (Wildman–Crippen MR) is 64.7 cm³/mol. The van der Waals surface area contributed by atoms with Gasteiger partial charge in [-0.2, -0.15) is 5.26 Å². The first-order valence-electron chi connectivity index (χ1n) is 6.01. The lowest BCUT2D eigenvalue weighted by Gasteiger charge is -2.31. The third-order valence-electron chi connectivity index (χ3n) is 3.23. The number of hydrogen-bond donors (Lipinski definition) is 0. The molecule has 0 aromatic heterocycles. The van der Waals surface area contributed by atoms with Gasteiger partial charge in [0.05, 0.1) is 6.07 Å². The van der Waals surface area contributed by atoms with E-state index in [1.165, 1.54) is 24.9 Å². The lowest BCUT2D eigenvalue weighted by molar-refractivity contribution is 0.169. The molecule has 0 spiro atoms. The third-order valence-corrected chi connectivity index (χ3v) is 3.23. The van der Waals surface area contributed by atoms with Gasteiger partial charge in [0.25, 0.3) is 0 Å². The van der Waals surface area contributed by atoms with Crippen molar-refractivity contribution in [1.82, 2.24) is 4.90 Å². The Hall–Kier alpha value is -1.33. The molecule has 84 valence electrons. The molecule has 1 heterocycles. The molecule has 0 radical (unpaired) electrons. The highest BCUT2D eigenvalue weighted by Gasteiger charge is 2.19. The van der Waals surface area contributed by atoms with Crippen LogP contribution in [0.1, 0.15) is 24.8 Å². The molecule has 1 saturated heterocycles. The molecule has 1 aliphatic rings. The van der Waals surface area contributed by atoms with Gasteiger partial charge in [-0.1, -0.05) is 30.3 Å². The number of rotatable bonds is 3. The maximum absolute atomic E-state index is 8.73. The third kappa shape index (κ3) is 3.08. The van der Waals surface area contributed by atoms with Crippen molar-refractivity contribution >= 4 is 0 Å². The van der Waals surface area contributed by atoms with Gasteiger partial charge in [0.15, 0.2) is 0 Å². The summed E-state index contributed by atoms with van der Waals surface area (Å²) in [4.78, 5) is 2.47. The Labute approximate surface area is 97.5 Å². The first kappa shape index (κ1) is 11.2. The number of benzene rings is 1. The summed E-state index contributed by atoms with van der Waals surface area (Å²) in [5.41, 5.74) is 1.38. The van der Waals surface area contributed by atoms with Crippen molar-refractivity contribution in [3.8, 4) is 6.07 Å². The number of nitriles is 1. The number of likely N-dealkylation sites (tertiary alicyclic amines) is 1. The minimum atomic E-state index is 0.586. The van der Waals surface area contributed by atoms with Crippen molar-refractivity contribution in [3.05, 3.63) is 35.9 Å². The van der Waals surface area contributed by atoms with Crippen LogP contribution in [0.25, 0.3) is 0 Å². The second kappa shape index (κ2) is 5.67. The van der Waals surface area contributed by atoms with E-state index in [-0.39, 0.29) is 0 Å². The van der Waals surface area contributed by atoms with Gasteiger partial charge in [0.1, 0.15) is 0 Å². The van der Waals surface area contributed by atoms with Crippen molar-refractivity contribution < 1.29 is 0 Å². The van der Waals surface area contributed by atoms with Gasteiger partial charge in [-0.15, -0.1) is 0 Å². The van der Waals surface area contributed by atoms with E-state index in [2.05, 4.69) is 41.3 Å². The van der Waals surface area contributed by atoms with E-state index < -0.39 is 0 Å². The van der Waals surface area contributed by atoms with E-state index in [9.17, 15) is 0 Å². The zero-order chi connectivity index (χ0) is 11.2. The van der Waals surface area contributed by atoms with Gasteiger partial charge < -0.3 is 0 Å². The highest BCUT2D eigenvalue weighted by Crippen LogP contribution is 2.20. The van der Waals surface area contributed by atoms with Crippen LogP contribution in [-0.4, -0.2) is 18.0 Å². The Morgan fingerprint density at radius 2 is 2.12 bits per heavy atom. The van der Waals surface area contributed by atoms with Crippen LogP contribution < -0.4 is 0 Å². The van der Waals surface area contributed by atoms with Crippen molar-refractivity contribution in [3.63, 3.8) is 0 Å². The van der Waals surface area contributed by atoms with Gasteiger partial charge >= 0.3 is 0 Å². The quantitative estimate of drug-likeness (QED) is 0.773. The average Bonchev–Trinajstić information content (AvgIpc) is 2.31. The van der Waals surface area contributed by atoms with Crippen LogP contribution in [0.4, 0.5) is 0 Å². The minimum Gasteiger partial charge on any atom is -0.299 e. The molecule has 1 atom stereocenters. The molecule has 1 unspecified atom stereocenters. The first-order chi connectivity index (χ1) is 7.88. The van der Waals surface area contributed by atoms with Crippen molar-refractivity contribution in [1.29, 1.82) is 5.26 Å². The predicted octanol–water partition coefficient (Wildman–Crippen LogP) is 2.81. The van der Waals surface area contributed by atoms with E-state index in [1.54, 1.807) is 0 Å². The van der Waals surface area contributed by atoms with Crippen LogP contribution >= 0.6 is 0 Å². The molecule has 2 nitrogen and oxygen atoms in total. The standard InChI is InChI=1S/C14H18N2/c15-9-8-14-7-4-10-16(12-14)11-13-5-2-1-3-6-13/h1-3,5-6,14H,4,7-8,10-12H2. The number of nitrogens with zero attached hydrogens (tertiary/aromatic N) is 2. The highest BCUT2D eigenvalue weighted by atomic mass is 15.1. The SMILES string of the molecule is N#CCC1CCCN(Cc2ccccc2)C1. The second-order valence-corrected chi connectivity index (χ2v) is 4.59. The number of hydrogen-bond acceptors (Lipinski definition) is 2. The Bertz CT molecular complexity index is 353. The minimum absolute atomic E-state index is 0.586. The lowest BCUT2D eigenvalue weighted by atomic mass is 9.95. The fourth-order valence-electron chi connectivity index (χ4n) is 2.43. The van der Waals surface area contributed by atoms with Crippen LogP contribution in [0.2, 0.25) is 0 Å². The van der Waals surface area contributed by atoms with Crippen molar-refractivity contribution in [2.75, 3.05) is 13.1 Å². The molecule has 0 aliphatic carbocycles. The second-order valence-electron chi connectivity index (χ2n) is 4.59. The van der Waals surface area contributed by atoms with Crippen LogP contribution in [0, 0.1) is 17.2 Å². The first-order valence-corrected chi connectivity index (χ1v) is 6.01. The summed E-state index contributed by atoms with van der Waals surface area (Å²) < 4.78 is 0. The summed E-state index contributed by atoms with van der Waals surface area (Å²) >= 11 is 0. The van der Waals surface area contributed by atoms with Crippen LogP contribution in [0.3, 0.4) is 0 Å². The monoisotopic (exact) mass is 214 g/mol. The molecule has 16 heavy (non-hydrogen) atoms. The largest absolute Gasteiger partial charge is 0.299 e. The van der Waals surface area contributed by atoms with E-state index >= 15 is 0 Å². The summed E-state index contributed by atoms with van der Waals surface area (Å²) in [6.07, 6.45) is 3.17. The molecular formula is C14H18N2. The smallest absolute Gasteiger partial charge is 0.0625 e. The Kier molecular flexibility index (Phi) is 3.96. The molecular weight excluding hydrogens is 196 g/mol. The fraction of sp³-hybridized carbons (Fsp3) is 0.500. The van der Waals surface area contributed by atoms with E-state index in [0.29, 0.717) is 12.3 Å². The zero-order valence-electron chi connectivity index (χ0n) is 9.60. The maximum Gasteiger partial charge on any atom is 0.0625 e.